The second kappa shape index (κ2) is 3.37. The molecular weight excluding hydrogens is 122 g/mol. The van der Waals surface area contributed by atoms with Crippen LogP contribution in [0.4, 0.5) is 0 Å². The molecule has 10 heavy (non-hydrogen) atoms. The van der Waals surface area contributed by atoms with Crippen molar-refractivity contribution >= 4 is 0 Å². The Morgan fingerprint density at radius 1 is 1.10 bits per heavy atom. The van der Waals surface area contributed by atoms with Crippen molar-refractivity contribution in [2.24, 2.45) is 0 Å². The highest BCUT2D eigenvalue weighted by molar-refractivity contribution is 5.21. The van der Waals surface area contributed by atoms with Crippen LogP contribution in [0.5, 0.6) is 0 Å². The fourth-order valence-electron chi connectivity index (χ4n) is 0.942. The molecule has 1 nitrogen and oxygen atoms in total. The van der Waals surface area contributed by atoms with Crippen LogP contribution in [-0.2, 0) is 13.0 Å². The Balaban J connectivity index is 2.80. The van der Waals surface area contributed by atoms with Crippen molar-refractivity contribution in [1.29, 1.82) is 0 Å². The molecule has 0 saturated carbocycles. The van der Waals surface area contributed by atoms with Crippen LogP contribution < -0.4 is 5.73 Å². The van der Waals surface area contributed by atoms with Crippen molar-refractivity contribution in [3.8, 4) is 0 Å². The van der Waals surface area contributed by atoms with E-state index in [-0.39, 0.29) is 0 Å². The zero-order valence-corrected chi connectivity index (χ0v) is 6.43. The van der Waals surface area contributed by atoms with Gasteiger partial charge in [0.15, 0.2) is 0 Å². The van der Waals surface area contributed by atoms with Gasteiger partial charge < -0.3 is 5.73 Å². The molecule has 0 unspecified atom stereocenters. The van der Waals surface area contributed by atoms with Gasteiger partial charge in [-0.15, -0.1) is 0 Å². The van der Waals surface area contributed by atoms with Crippen molar-refractivity contribution in [3.63, 3.8) is 0 Å². The second-order valence-corrected chi connectivity index (χ2v) is 2.42. The Bertz CT molecular complexity index is 165. The number of aryl methyl sites for hydroxylation is 1. The summed E-state index contributed by atoms with van der Waals surface area (Å²) >= 11 is 0. The first-order valence-corrected chi connectivity index (χ1v) is 3.74. The van der Waals surface area contributed by atoms with E-state index in [1.54, 1.807) is 0 Å². The van der Waals surface area contributed by atoms with E-state index in [9.17, 15) is 0 Å². The van der Waals surface area contributed by atoms with Crippen LogP contribution in [0.2, 0.25) is 0 Å². The van der Waals surface area contributed by atoms with E-state index in [2.05, 4.69) is 36.9 Å². The maximum absolute atomic E-state index is 3.81. The van der Waals surface area contributed by atoms with Crippen molar-refractivity contribution in [2.75, 3.05) is 0 Å². The highest BCUT2D eigenvalue weighted by atomic mass is 14.5. The van der Waals surface area contributed by atoms with Crippen LogP contribution in [0, 0.1) is 0 Å². The summed E-state index contributed by atoms with van der Waals surface area (Å²) in [6, 6.07) is 8.62. The summed E-state index contributed by atoms with van der Waals surface area (Å²) < 4.78 is 0. The number of rotatable bonds is 2. The first kappa shape index (κ1) is 7.29. The molecule has 0 spiro atoms. The van der Waals surface area contributed by atoms with Gasteiger partial charge in [0.05, 0.1) is 6.54 Å². The van der Waals surface area contributed by atoms with Crippen LogP contribution in [0.25, 0.3) is 0 Å². The monoisotopic (exact) mass is 136 g/mol. The Morgan fingerprint density at radius 2 is 1.60 bits per heavy atom. The Morgan fingerprint density at radius 3 is 2.00 bits per heavy atom. The van der Waals surface area contributed by atoms with Gasteiger partial charge in [0.1, 0.15) is 0 Å². The summed E-state index contributed by atoms with van der Waals surface area (Å²) in [5, 5.41) is 0. The van der Waals surface area contributed by atoms with E-state index in [1.165, 1.54) is 11.1 Å². The zero-order valence-electron chi connectivity index (χ0n) is 6.43. The van der Waals surface area contributed by atoms with Gasteiger partial charge in [0, 0.05) is 5.56 Å². The third kappa shape index (κ3) is 1.58. The molecule has 3 N–H and O–H groups in total. The molecule has 0 atom stereocenters. The van der Waals surface area contributed by atoms with Gasteiger partial charge in [-0.2, -0.15) is 0 Å². The van der Waals surface area contributed by atoms with Crippen molar-refractivity contribution in [3.05, 3.63) is 35.4 Å². The highest BCUT2D eigenvalue weighted by Crippen LogP contribution is 2.02. The molecule has 0 amide bonds. The van der Waals surface area contributed by atoms with Crippen LogP contribution in [0.3, 0.4) is 0 Å². The minimum atomic E-state index is 0.893. The lowest BCUT2D eigenvalue weighted by Gasteiger charge is -1.96. The molecule has 1 rings (SSSR count). The molecule has 0 fully saturated rings. The van der Waals surface area contributed by atoms with Crippen molar-refractivity contribution in [2.45, 2.75) is 19.9 Å². The van der Waals surface area contributed by atoms with E-state index in [0.717, 1.165) is 13.0 Å². The molecule has 0 bridgehead atoms. The molecule has 0 aliphatic carbocycles. The quantitative estimate of drug-likeness (QED) is 0.628. The molecule has 54 valence electrons. The summed E-state index contributed by atoms with van der Waals surface area (Å²) in [4.78, 5) is 0. The Labute approximate surface area is 61.9 Å². The topological polar surface area (TPSA) is 27.6 Å². The average Bonchev–Trinajstić information content (AvgIpc) is 2.05. The van der Waals surface area contributed by atoms with Gasteiger partial charge >= 0.3 is 0 Å². The van der Waals surface area contributed by atoms with Gasteiger partial charge in [-0.05, 0) is 12.0 Å². The van der Waals surface area contributed by atoms with Gasteiger partial charge in [-0.25, -0.2) is 0 Å². The molecule has 0 aliphatic rings. The molecule has 0 saturated heterocycles. The molecule has 1 heteroatoms. The Kier molecular flexibility index (Phi) is 2.46. The van der Waals surface area contributed by atoms with Crippen LogP contribution in [0.1, 0.15) is 18.1 Å². The molecular formula is C9H14N+. The van der Waals surface area contributed by atoms with Gasteiger partial charge in [-0.3, -0.25) is 0 Å². The maximum Gasteiger partial charge on any atom is 0.0997 e. The highest BCUT2D eigenvalue weighted by Gasteiger charge is 1.90. The predicted molar refractivity (Wildman–Crippen MR) is 42.4 cm³/mol. The van der Waals surface area contributed by atoms with Crippen molar-refractivity contribution < 1.29 is 5.73 Å². The fraction of sp³-hybridized carbons (Fsp3) is 0.333. The standard InChI is InChI=1S/C9H13N/c1-2-8-3-5-9(7-10)6-4-8/h3-6H,2,7,10H2,1H3/p+1. The van der Waals surface area contributed by atoms with E-state index in [1.807, 2.05) is 0 Å². The summed E-state index contributed by atoms with van der Waals surface area (Å²) in [5.74, 6) is 0. The van der Waals surface area contributed by atoms with E-state index < -0.39 is 0 Å². The molecule has 1 aromatic rings. The minimum absolute atomic E-state index is 0.893. The number of hydrogen-bond acceptors (Lipinski definition) is 0. The summed E-state index contributed by atoms with van der Waals surface area (Å²) in [5.41, 5.74) is 6.53. The van der Waals surface area contributed by atoms with E-state index in [4.69, 9.17) is 0 Å². The van der Waals surface area contributed by atoms with Crippen LogP contribution in [0.15, 0.2) is 24.3 Å². The third-order valence-electron chi connectivity index (χ3n) is 1.72. The lowest BCUT2D eigenvalue weighted by atomic mass is 10.1. The van der Waals surface area contributed by atoms with Crippen molar-refractivity contribution in [1.82, 2.24) is 0 Å². The number of hydrogen-bond donors (Lipinski definition) is 1. The third-order valence-corrected chi connectivity index (χ3v) is 1.72. The molecule has 0 heterocycles. The summed E-state index contributed by atoms with van der Waals surface area (Å²) in [6.45, 7) is 3.06. The first-order valence-electron chi connectivity index (χ1n) is 3.74. The SMILES string of the molecule is CCc1ccc(C[NH3+])cc1. The molecule has 0 aromatic heterocycles. The Hall–Kier alpha value is -0.820. The normalized spacial score (nSPS) is 9.80. The van der Waals surface area contributed by atoms with Crippen LogP contribution in [-0.4, -0.2) is 0 Å². The maximum atomic E-state index is 3.81. The second-order valence-electron chi connectivity index (χ2n) is 2.42. The lowest BCUT2D eigenvalue weighted by molar-refractivity contribution is -0.386. The van der Waals surface area contributed by atoms with E-state index in [0.29, 0.717) is 0 Å². The first-order chi connectivity index (χ1) is 4.86. The molecule has 0 aliphatic heterocycles. The van der Waals surface area contributed by atoms with E-state index >= 15 is 0 Å². The van der Waals surface area contributed by atoms with Gasteiger partial charge in [0.25, 0.3) is 0 Å². The number of quaternary nitrogens is 1. The van der Waals surface area contributed by atoms with Crippen LogP contribution >= 0.6 is 0 Å². The van der Waals surface area contributed by atoms with Gasteiger partial charge in [0.2, 0.25) is 0 Å². The fourth-order valence-corrected chi connectivity index (χ4v) is 0.942. The predicted octanol–water partition coefficient (Wildman–Crippen LogP) is 0.991. The molecule has 1 aromatic carbocycles. The number of benzene rings is 1. The smallest absolute Gasteiger partial charge is 0.0997 e. The summed E-state index contributed by atoms with van der Waals surface area (Å²) in [7, 11) is 0. The van der Waals surface area contributed by atoms with Gasteiger partial charge in [-0.1, -0.05) is 31.2 Å². The lowest BCUT2D eigenvalue weighted by Crippen LogP contribution is -2.47. The molecule has 0 radical (unpaired) electrons. The summed E-state index contributed by atoms with van der Waals surface area (Å²) in [6.07, 6.45) is 1.12. The largest absolute Gasteiger partial charge is 0.354 e. The average molecular weight is 136 g/mol. The zero-order chi connectivity index (χ0) is 7.40. The minimum Gasteiger partial charge on any atom is -0.354 e.